The van der Waals surface area contributed by atoms with Gasteiger partial charge < -0.3 is 27.9 Å². The SMILES string of the molecule is Cc1cccc(-c2nc(CO[C@@H]3CCC[C@H](OCCOc4ccccc4B4OC(C)(C)C(C)(C)O4)C3)c(C)o2)c1. The van der Waals surface area contributed by atoms with E-state index in [1.807, 2.05) is 43.3 Å². The van der Waals surface area contributed by atoms with Gasteiger partial charge in [0.05, 0.1) is 36.6 Å². The molecule has 2 heterocycles. The van der Waals surface area contributed by atoms with Crippen LogP contribution in [0.3, 0.4) is 0 Å². The molecule has 3 aromatic rings. The van der Waals surface area contributed by atoms with Crippen LogP contribution in [0.2, 0.25) is 0 Å². The Morgan fingerprint density at radius 2 is 1.62 bits per heavy atom. The minimum absolute atomic E-state index is 0.141. The molecule has 5 rings (SSSR count). The van der Waals surface area contributed by atoms with Crippen molar-refractivity contribution in [3.05, 3.63) is 65.5 Å². The highest BCUT2D eigenvalue weighted by molar-refractivity contribution is 6.63. The average molecular weight is 548 g/mol. The van der Waals surface area contributed by atoms with E-state index >= 15 is 0 Å². The number of benzene rings is 2. The van der Waals surface area contributed by atoms with Gasteiger partial charge in [-0.15, -0.1) is 0 Å². The lowest BCUT2D eigenvalue weighted by Gasteiger charge is -2.32. The van der Waals surface area contributed by atoms with E-state index in [1.165, 1.54) is 5.56 Å². The van der Waals surface area contributed by atoms with Gasteiger partial charge in [-0.2, -0.15) is 0 Å². The summed E-state index contributed by atoms with van der Waals surface area (Å²) in [5.41, 5.74) is 3.13. The van der Waals surface area contributed by atoms with Crippen molar-refractivity contribution < 1.29 is 27.9 Å². The Kier molecular flexibility index (Phi) is 8.71. The fourth-order valence-corrected chi connectivity index (χ4v) is 5.21. The molecule has 0 unspecified atom stereocenters. The van der Waals surface area contributed by atoms with Crippen molar-refractivity contribution in [1.29, 1.82) is 0 Å². The van der Waals surface area contributed by atoms with Crippen LogP contribution in [-0.2, 0) is 25.4 Å². The summed E-state index contributed by atoms with van der Waals surface area (Å²) in [6, 6.07) is 16.1. The van der Waals surface area contributed by atoms with Crippen LogP contribution < -0.4 is 10.2 Å². The molecule has 1 saturated heterocycles. The predicted octanol–water partition coefficient (Wildman–Crippen LogP) is 6.18. The molecule has 2 atom stereocenters. The Labute approximate surface area is 238 Å². The van der Waals surface area contributed by atoms with E-state index in [9.17, 15) is 0 Å². The van der Waals surface area contributed by atoms with Gasteiger partial charge in [0.15, 0.2) is 0 Å². The maximum atomic E-state index is 6.27. The van der Waals surface area contributed by atoms with Crippen LogP contribution in [-0.4, -0.2) is 48.7 Å². The Morgan fingerprint density at radius 1 is 0.900 bits per heavy atom. The Bertz CT molecular complexity index is 1270. The van der Waals surface area contributed by atoms with E-state index in [0.29, 0.717) is 25.7 Å². The lowest BCUT2D eigenvalue weighted by Crippen LogP contribution is -2.41. The third-order valence-corrected chi connectivity index (χ3v) is 8.31. The van der Waals surface area contributed by atoms with E-state index in [0.717, 1.165) is 53.9 Å². The van der Waals surface area contributed by atoms with Crippen LogP contribution in [0, 0.1) is 13.8 Å². The molecule has 1 aromatic heterocycles. The van der Waals surface area contributed by atoms with Crippen LogP contribution >= 0.6 is 0 Å². The molecular weight excluding hydrogens is 505 g/mol. The van der Waals surface area contributed by atoms with Crippen LogP contribution in [0.25, 0.3) is 11.5 Å². The highest BCUT2D eigenvalue weighted by atomic mass is 16.7. The van der Waals surface area contributed by atoms with Crippen molar-refractivity contribution in [2.45, 2.75) is 97.2 Å². The van der Waals surface area contributed by atoms with E-state index in [1.54, 1.807) is 0 Å². The van der Waals surface area contributed by atoms with Gasteiger partial charge in [-0.3, -0.25) is 0 Å². The van der Waals surface area contributed by atoms with Crippen LogP contribution in [0.4, 0.5) is 0 Å². The van der Waals surface area contributed by atoms with Crippen molar-refractivity contribution in [2.24, 2.45) is 0 Å². The van der Waals surface area contributed by atoms with Crippen molar-refractivity contribution in [3.63, 3.8) is 0 Å². The molecule has 1 aliphatic heterocycles. The third kappa shape index (κ3) is 6.63. The second-order valence-electron chi connectivity index (χ2n) is 12.0. The highest BCUT2D eigenvalue weighted by Crippen LogP contribution is 2.37. The van der Waals surface area contributed by atoms with Gasteiger partial charge in [-0.05, 0) is 85.4 Å². The Morgan fingerprint density at radius 3 is 2.38 bits per heavy atom. The van der Waals surface area contributed by atoms with Crippen molar-refractivity contribution in [1.82, 2.24) is 4.98 Å². The summed E-state index contributed by atoms with van der Waals surface area (Å²) in [5, 5.41) is 0. The van der Waals surface area contributed by atoms with Gasteiger partial charge in [0.2, 0.25) is 5.89 Å². The largest absolute Gasteiger partial charge is 0.498 e. The lowest BCUT2D eigenvalue weighted by atomic mass is 9.78. The second-order valence-corrected chi connectivity index (χ2v) is 12.0. The molecule has 7 nitrogen and oxygen atoms in total. The van der Waals surface area contributed by atoms with Crippen LogP contribution in [0.1, 0.15) is 70.4 Å². The monoisotopic (exact) mass is 547 g/mol. The van der Waals surface area contributed by atoms with Gasteiger partial charge in [-0.1, -0.05) is 35.9 Å². The third-order valence-electron chi connectivity index (χ3n) is 8.31. The molecule has 2 aromatic carbocycles. The van der Waals surface area contributed by atoms with E-state index in [2.05, 4.69) is 46.8 Å². The molecule has 1 aliphatic carbocycles. The summed E-state index contributed by atoms with van der Waals surface area (Å²) >= 11 is 0. The predicted molar refractivity (Wildman–Crippen MR) is 156 cm³/mol. The summed E-state index contributed by atoms with van der Waals surface area (Å²) in [4.78, 5) is 4.71. The standard InChI is InChI=1S/C32H42BNO6/c1-22-11-9-12-24(19-22)30-34-28(23(2)38-30)21-37-26-14-10-13-25(20-26)35-17-18-36-29-16-8-7-15-27(29)33-39-31(3,4)32(5,6)40-33/h7-9,11-12,15-16,19,25-26H,10,13-14,17-18,20-21H2,1-6H3/t25-,26+/m0/s1. The summed E-state index contributed by atoms with van der Waals surface area (Å²) in [6.07, 6.45) is 4.30. The first kappa shape index (κ1) is 28.9. The first-order chi connectivity index (χ1) is 19.1. The molecule has 214 valence electrons. The highest BCUT2D eigenvalue weighted by Gasteiger charge is 2.52. The summed E-state index contributed by atoms with van der Waals surface area (Å²) in [6.45, 7) is 13.7. The second kappa shape index (κ2) is 12.1. The summed E-state index contributed by atoms with van der Waals surface area (Å²) < 4.78 is 37.0. The minimum Gasteiger partial charge on any atom is -0.492 e. The first-order valence-electron chi connectivity index (χ1n) is 14.5. The molecular formula is C32H42BNO6. The minimum atomic E-state index is -0.459. The van der Waals surface area contributed by atoms with Crippen molar-refractivity contribution in [2.75, 3.05) is 13.2 Å². The molecule has 2 fully saturated rings. The first-order valence-corrected chi connectivity index (χ1v) is 14.5. The molecule has 0 amide bonds. The maximum absolute atomic E-state index is 6.27. The van der Waals surface area contributed by atoms with Crippen LogP contribution in [0.15, 0.2) is 52.9 Å². The van der Waals surface area contributed by atoms with E-state index < -0.39 is 18.3 Å². The maximum Gasteiger partial charge on any atom is 0.498 e. The fourth-order valence-electron chi connectivity index (χ4n) is 5.21. The van der Waals surface area contributed by atoms with E-state index in [-0.39, 0.29) is 12.2 Å². The number of aromatic nitrogens is 1. The normalized spacial score (nSPS) is 22.0. The molecule has 8 heteroatoms. The zero-order chi connectivity index (χ0) is 28.3. The smallest absolute Gasteiger partial charge is 0.492 e. The number of nitrogens with zero attached hydrogens (tertiary/aromatic N) is 1. The molecule has 0 bridgehead atoms. The number of oxazole rings is 1. The van der Waals surface area contributed by atoms with Gasteiger partial charge >= 0.3 is 7.12 Å². The lowest BCUT2D eigenvalue weighted by molar-refractivity contribution is -0.0555. The zero-order valence-electron chi connectivity index (χ0n) is 24.7. The molecule has 1 saturated carbocycles. The number of rotatable bonds is 10. The van der Waals surface area contributed by atoms with Gasteiger partial charge in [-0.25, -0.2) is 4.98 Å². The Hall–Kier alpha value is -2.65. The van der Waals surface area contributed by atoms with Crippen molar-refractivity contribution >= 4 is 12.6 Å². The quantitative estimate of drug-likeness (QED) is 0.222. The number of hydrogen-bond donors (Lipinski definition) is 0. The zero-order valence-corrected chi connectivity index (χ0v) is 24.7. The van der Waals surface area contributed by atoms with E-state index in [4.69, 9.17) is 32.9 Å². The van der Waals surface area contributed by atoms with Crippen LogP contribution in [0.5, 0.6) is 5.75 Å². The van der Waals surface area contributed by atoms with Crippen molar-refractivity contribution in [3.8, 4) is 17.2 Å². The summed E-state index contributed by atoms with van der Waals surface area (Å²) in [7, 11) is -0.459. The topological polar surface area (TPSA) is 72.2 Å². The number of para-hydroxylation sites is 1. The Balaban J connectivity index is 1.08. The molecule has 2 aliphatic rings. The number of ether oxygens (including phenoxy) is 3. The molecule has 40 heavy (non-hydrogen) atoms. The molecule has 0 spiro atoms. The molecule has 0 radical (unpaired) electrons. The number of aryl methyl sites for hydroxylation is 2. The fraction of sp³-hybridized carbons (Fsp3) is 0.531. The van der Waals surface area contributed by atoms with Gasteiger partial charge in [0.1, 0.15) is 23.8 Å². The average Bonchev–Trinajstić information content (AvgIpc) is 3.40. The summed E-state index contributed by atoms with van der Waals surface area (Å²) in [5.74, 6) is 2.21. The molecule has 0 N–H and O–H groups in total. The van der Waals surface area contributed by atoms with Gasteiger partial charge in [0, 0.05) is 11.0 Å². The van der Waals surface area contributed by atoms with Gasteiger partial charge in [0.25, 0.3) is 0 Å². The number of hydrogen-bond acceptors (Lipinski definition) is 7.